The standard InChI is InChI=1S/C20H23F2N3S/c1-23-20(13-26-14-24-19-9-6-16(21)12-18(19)22)15-4-7-17(8-5-15)25-10-2-3-11-25/h4-9,12-13,23-24H,2-3,10-11,14H2,1H3/b20-13-. The minimum Gasteiger partial charge on any atom is -0.387 e. The van der Waals surface area contributed by atoms with Gasteiger partial charge in [-0.3, -0.25) is 0 Å². The van der Waals surface area contributed by atoms with Gasteiger partial charge in [0.05, 0.1) is 11.6 Å². The number of halogens is 2. The van der Waals surface area contributed by atoms with Gasteiger partial charge in [-0.05, 0) is 48.1 Å². The van der Waals surface area contributed by atoms with Crippen LogP contribution in [0.2, 0.25) is 0 Å². The highest BCUT2D eigenvalue weighted by Gasteiger charge is 2.12. The Labute approximate surface area is 157 Å². The molecule has 0 bridgehead atoms. The van der Waals surface area contributed by atoms with E-state index in [4.69, 9.17) is 0 Å². The fraction of sp³-hybridized carbons (Fsp3) is 0.300. The van der Waals surface area contributed by atoms with Crippen LogP contribution < -0.4 is 15.5 Å². The lowest BCUT2D eigenvalue weighted by Gasteiger charge is -2.18. The molecule has 26 heavy (non-hydrogen) atoms. The van der Waals surface area contributed by atoms with Gasteiger partial charge >= 0.3 is 0 Å². The molecular formula is C20H23F2N3S. The highest BCUT2D eigenvalue weighted by molar-refractivity contribution is 8.02. The van der Waals surface area contributed by atoms with Crippen molar-refractivity contribution in [1.29, 1.82) is 0 Å². The predicted octanol–water partition coefficient (Wildman–Crippen LogP) is 4.89. The van der Waals surface area contributed by atoms with Crippen LogP contribution in [-0.4, -0.2) is 26.0 Å². The van der Waals surface area contributed by atoms with Crippen LogP contribution in [0.25, 0.3) is 5.70 Å². The predicted molar refractivity (Wildman–Crippen MR) is 107 cm³/mol. The van der Waals surface area contributed by atoms with E-state index >= 15 is 0 Å². The summed E-state index contributed by atoms with van der Waals surface area (Å²) < 4.78 is 26.5. The van der Waals surface area contributed by atoms with Crippen LogP contribution in [0, 0.1) is 11.6 Å². The van der Waals surface area contributed by atoms with Gasteiger partial charge in [0.15, 0.2) is 0 Å². The Kier molecular flexibility index (Phi) is 6.39. The number of hydrogen-bond acceptors (Lipinski definition) is 4. The van der Waals surface area contributed by atoms with Crippen molar-refractivity contribution >= 4 is 28.8 Å². The van der Waals surface area contributed by atoms with Gasteiger partial charge in [-0.15, -0.1) is 11.8 Å². The lowest BCUT2D eigenvalue weighted by Crippen LogP contribution is -2.17. The largest absolute Gasteiger partial charge is 0.387 e. The minimum absolute atomic E-state index is 0.299. The van der Waals surface area contributed by atoms with Gasteiger partial charge in [0.25, 0.3) is 0 Å². The molecule has 1 aliphatic heterocycles. The summed E-state index contributed by atoms with van der Waals surface area (Å²) in [7, 11) is 1.88. The molecule has 2 N–H and O–H groups in total. The average molecular weight is 375 g/mol. The topological polar surface area (TPSA) is 27.3 Å². The quantitative estimate of drug-likeness (QED) is 0.532. The second kappa shape index (κ2) is 8.94. The molecule has 0 atom stereocenters. The first-order valence-corrected chi connectivity index (χ1v) is 9.76. The maximum Gasteiger partial charge on any atom is 0.149 e. The summed E-state index contributed by atoms with van der Waals surface area (Å²) in [5.41, 5.74) is 3.68. The molecule has 0 saturated carbocycles. The van der Waals surface area contributed by atoms with E-state index in [2.05, 4.69) is 39.8 Å². The van der Waals surface area contributed by atoms with Crippen LogP contribution in [0.15, 0.2) is 47.9 Å². The molecule has 3 rings (SSSR count). The first-order chi connectivity index (χ1) is 12.7. The van der Waals surface area contributed by atoms with Crippen LogP contribution in [0.5, 0.6) is 0 Å². The number of rotatable bonds is 7. The number of hydrogen-bond donors (Lipinski definition) is 2. The Hall–Kier alpha value is -2.21. The fourth-order valence-corrected chi connectivity index (χ4v) is 3.72. The average Bonchev–Trinajstić information content (AvgIpc) is 3.18. The summed E-state index contributed by atoms with van der Waals surface area (Å²) in [6.45, 7) is 2.27. The van der Waals surface area contributed by atoms with E-state index in [9.17, 15) is 8.78 Å². The maximum absolute atomic E-state index is 13.6. The van der Waals surface area contributed by atoms with Crippen molar-refractivity contribution in [2.24, 2.45) is 0 Å². The monoisotopic (exact) mass is 375 g/mol. The van der Waals surface area contributed by atoms with Gasteiger partial charge in [0.2, 0.25) is 0 Å². The normalized spacial score (nSPS) is 14.6. The van der Waals surface area contributed by atoms with Crippen LogP contribution in [0.3, 0.4) is 0 Å². The van der Waals surface area contributed by atoms with Crippen molar-refractivity contribution in [2.75, 3.05) is 36.2 Å². The highest BCUT2D eigenvalue weighted by Crippen LogP contribution is 2.24. The molecule has 0 aromatic heterocycles. The van der Waals surface area contributed by atoms with Gasteiger partial charge < -0.3 is 15.5 Å². The molecule has 1 fully saturated rings. The minimum atomic E-state index is -0.582. The summed E-state index contributed by atoms with van der Waals surface area (Å²) in [5, 5.41) is 8.16. The summed E-state index contributed by atoms with van der Waals surface area (Å²) in [5.74, 6) is -0.670. The third kappa shape index (κ3) is 4.69. The number of anilines is 2. The van der Waals surface area contributed by atoms with Crippen molar-refractivity contribution in [2.45, 2.75) is 12.8 Å². The van der Waals surface area contributed by atoms with E-state index in [1.165, 1.54) is 42.4 Å². The summed E-state index contributed by atoms with van der Waals surface area (Å²) >= 11 is 1.51. The van der Waals surface area contributed by atoms with E-state index in [-0.39, 0.29) is 0 Å². The van der Waals surface area contributed by atoms with Crippen LogP contribution in [0.4, 0.5) is 20.2 Å². The van der Waals surface area contributed by atoms with E-state index < -0.39 is 11.6 Å². The Bertz CT molecular complexity index is 756. The molecule has 1 aliphatic rings. The smallest absolute Gasteiger partial charge is 0.149 e. The van der Waals surface area contributed by atoms with Crippen LogP contribution >= 0.6 is 11.8 Å². The molecule has 1 heterocycles. The summed E-state index contributed by atoms with van der Waals surface area (Å²) in [6.07, 6.45) is 2.53. The first kappa shape index (κ1) is 18.6. The second-order valence-corrected chi connectivity index (χ2v) is 6.99. The van der Waals surface area contributed by atoms with E-state index in [1.807, 2.05) is 12.5 Å². The molecule has 138 valence electrons. The molecule has 0 spiro atoms. The van der Waals surface area contributed by atoms with Crippen molar-refractivity contribution in [3.63, 3.8) is 0 Å². The van der Waals surface area contributed by atoms with E-state index in [0.717, 1.165) is 30.4 Å². The molecule has 0 aliphatic carbocycles. The van der Waals surface area contributed by atoms with Crippen LogP contribution in [-0.2, 0) is 0 Å². The Balaban J connectivity index is 1.57. The molecule has 6 heteroatoms. The van der Waals surface area contributed by atoms with Crippen LogP contribution in [0.1, 0.15) is 18.4 Å². The highest BCUT2D eigenvalue weighted by atomic mass is 32.2. The molecule has 1 saturated heterocycles. The number of nitrogens with zero attached hydrogens (tertiary/aromatic N) is 1. The molecular weight excluding hydrogens is 352 g/mol. The summed E-state index contributed by atoms with van der Waals surface area (Å²) in [6, 6.07) is 12.1. The Morgan fingerprint density at radius 3 is 2.50 bits per heavy atom. The molecule has 2 aromatic carbocycles. The number of thioether (sulfide) groups is 1. The molecule has 0 amide bonds. The zero-order valence-corrected chi connectivity index (χ0v) is 15.6. The second-order valence-electron chi connectivity index (χ2n) is 6.13. The van der Waals surface area contributed by atoms with Crippen molar-refractivity contribution < 1.29 is 8.78 Å². The zero-order chi connectivity index (χ0) is 18.4. The molecule has 3 nitrogen and oxygen atoms in total. The van der Waals surface area contributed by atoms with E-state index in [1.54, 1.807) is 0 Å². The van der Waals surface area contributed by atoms with Gasteiger partial charge in [-0.2, -0.15) is 0 Å². The van der Waals surface area contributed by atoms with Crippen molar-refractivity contribution in [3.8, 4) is 0 Å². The SMILES string of the molecule is CN/C(=C\SCNc1ccc(F)cc1F)c1ccc(N2CCCC2)cc1. The molecule has 2 aromatic rings. The van der Waals surface area contributed by atoms with Gasteiger partial charge in [-0.1, -0.05) is 12.1 Å². The van der Waals surface area contributed by atoms with Gasteiger partial charge in [0.1, 0.15) is 11.6 Å². The van der Waals surface area contributed by atoms with Gasteiger partial charge in [-0.25, -0.2) is 8.78 Å². The Morgan fingerprint density at radius 2 is 1.85 bits per heavy atom. The zero-order valence-electron chi connectivity index (χ0n) is 14.8. The third-order valence-electron chi connectivity index (χ3n) is 4.40. The first-order valence-electron chi connectivity index (χ1n) is 8.71. The number of benzene rings is 2. The maximum atomic E-state index is 13.6. The molecule has 0 unspecified atom stereocenters. The lowest BCUT2D eigenvalue weighted by molar-refractivity contribution is 0.585. The van der Waals surface area contributed by atoms with Crippen molar-refractivity contribution in [1.82, 2.24) is 5.32 Å². The fourth-order valence-electron chi connectivity index (χ4n) is 2.98. The van der Waals surface area contributed by atoms with Gasteiger partial charge in [0, 0.05) is 37.6 Å². The van der Waals surface area contributed by atoms with E-state index in [0.29, 0.717) is 11.6 Å². The lowest BCUT2D eigenvalue weighted by atomic mass is 10.1. The summed E-state index contributed by atoms with van der Waals surface area (Å²) in [4.78, 5) is 2.41. The third-order valence-corrected chi connectivity index (χ3v) is 5.11. The number of nitrogens with one attached hydrogen (secondary N) is 2. The van der Waals surface area contributed by atoms with Crippen molar-refractivity contribution in [3.05, 3.63) is 65.1 Å². The Morgan fingerprint density at radius 1 is 1.12 bits per heavy atom. The molecule has 0 radical (unpaired) electrons.